The van der Waals surface area contributed by atoms with Gasteiger partial charge in [-0.05, 0) is 57.0 Å². The van der Waals surface area contributed by atoms with E-state index in [9.17, 15) is 4.79 Å². The van der Waals surface area contributed by atoms with Crippen molar-refractivity contribution in [1.82, 2.24) is 20.5 Å². The van der Waals surface area contributed by atoms with Crippen LogP contribution in [0.3, 0.4) is 0 Å². The number of pyridine rings is 1. The minimum absolute atomic E-state index is 0.119. The van der Waals surface area contributed by atoms with Crippen molar-refractivity contribution in [2.45, 2.75) is 71.4 Å². The molecular formula is C23H38N4O2. The van der Waals surface area contributed by atoms with Crippen LogP contribution in [-0.4, -0.2) is 48.2 Å². The molecule has 0 radical (unpaired) electrons. The monoisotopic (exact) mass is 402 g/mol. The highest BCUT2D eigenvalue weighted by Crippen LogP contribution is 2.15. The summed E-state index contributed by atoms with van der Waals surface area (Å²) in [5.74, 6) is 0.649. The summed E-state index contributed by atoms with van der Waals surface area (Å²) in [4.78, 5) is 18.6. The highest BCUT2D eigenvalue weighted by atomic mass is 16.5. The Bertz CT molecular complexity index is 615. The Balaban J connectivity index is 1.59. The van der Waals surface area contributed by atoms with E-state index in [1.54, 1.807) is 0 Å². The number of carbonyl (C=O) groups excluding carboxylic acids is 1. The lowest BCUT2D eigenvalue weighted by atomic mass is 10.1. The molecule has 0 aliphatic carbocycles. The Hall–Kier alpha value is -2.08. The van der Waals surface area contributed by atoms with Crippen LogP contribution in [0.15, 0.2) is 30.5 Å². The van der Waals surface area contributed by atoms with Crippen molar-refractivity contribution < 1.29 is 9.53 Å². The van der Waals surface area contributed by atoms with Gasteiger partial charge in [0.2, 0.25) is 5.88 Å². The van der Waals surface area contributed by atoms with Crippen LogP contribution in [-0.2, 0) is 6.54 Å². The lowest BCUT2D eigenvalue weighted by Crippen LogP contribution is -2.40. The highest BCUT2D eigenvalue weighted by Gasteiger charge is 2.11. The Kier molecular flexibility index (Phi) is 11.2. The highest BCUT2D eigenvalue weighted by molar-refractivity contribution is 5.74. The lowest BCUT2D eigenvalue weighted by molar-refractivity contribution is 0.220. The molecule has 0 saturated carbocycles. The average molecular weight is 403 g/mol. The van der Waals surface area contributed by atoms with Gasteiger partial charge in [0.1, 0.15) is 6.61 Å². The van der Waals surface area contributed by atoms with Gasteiger partial charge in [0, 0.05) is 31.4 Å². The molecule has 1 saturated heterocycles. The summed E-state index contributed by atoms with van der Waals surface area (Å²) in [6, 6.07) is 4.17. The number of hydrogen-bond acceptors (Lipinski definition) is 4. The number of amides is 2. The van der Waals surface area contributed by atoms with Gasteiger partial charge in [0.05, 0.1) is 0 Å². The summed E-state index contributed by atoms with van der Waals surface area (Å²) >= 11 is 0. The molecule has 1 aromatic heterocycles. The van der Waals surface area contributed by atoms with Crippen molar-refractivity contribution in [3.05, 3.63) is 36.0 Å². The van der Waals surface area contributed by atoms with Crippen LogP contribution in [0.25, 0.3) is 0 Å². The molecule has 29 heavy (non-hydrogen) atoms. The predicted molar refractivity (Wildman–Crippen MR) is 118 cm³/mol. The van der Waals surface area contributed by atoms with Crippen molar-refractivity contribution >= 4 is 6.03 Å². The van der Waals surface area contributed by atoms with Gasteiger partial charge in [-0.2, -0.15) is 0 Å². The van der Waals surface area contributed by atoms with Gasteiger partial charge in [-0.1, -0.05) is 38.7 Å². The average Bonchev–Trinajstić information content (AvgIpc) is 2.72. The van der Waals surface area contributed by atoms with E-state index in [0.717, 1.165) is 19.4 Å². The Morgan fingerprint density at radius 2 is 2.10 bits per heavy atom. The lowest BCUT2D eigenvalue weighted by Gasteiger charge is -2.26. The van der Waals surface area contributed by atoms with Crippen LogP contribution < -0.4 is 15.4 Å². The molecule has 1 fully saturated rings. The van der Waals surface area contributed by atoms with Crippen LogP contribution in [0, 0.1) is 0 Å². The zero-order chi connectivity index (χ0) is 20.7. The largest absolute Gasteiger partial charge is 0.473 e. The van der Waals surface area contributed by atoms with Crippen LogP contribution >= 0.6 is 0 Å². The van der Waals surface area contributed by atoms with E-state index in [0.29, 0.717) is 19.0 Å². The van der Waals surface area contributed by atoms with Crippen LogP contribution in [0.4, 0.5) is 4.79 Å². The Morgan fingerprint density at radius 1 is 1.28 bits per heavy atom. The fraction of sp³-hybridized carbons (Fsp3) is 0.652. The molecule has 0 spiro atoms. The van der Waals surface area contributed by atoms with E-state index >= 15 is 0 Å². The molecule has 1 unspecified atom stereocenters. The molecule has 1 aliphatic heterocycles. The number of rotatable bonds is 12. The van der Waals surface area contributed by atoms with Crippen molar-refractivity contribution in [3.8, 4) is 5.88 Å². The summed E-state index contributed by atoms with van der Waals surface area (Å²) < 4.78 is 5.72. The van der Waals surface area contributed by atoms with Crippen molar-refractivity contribution in [1.29, 1.82) is 0 Å². The van der Waals surface area contributed by atoms with E-state index in [-0.39, 0.29) is 12.1 Å². The number of likely N-dealkylation sites (tertiary alicyclic amines) is 1. The summed E-state index contributed by atoms with van der Waals surface area (Å²) in [5, 5.41) is 5.81. The normalized spacial score (nSPS) is 15.9. The number of unbranched alkanes of at least 4 members (excludes halogenated alkanes) is 2. The first kappa shape index (κ1) is 23.2. The minimum Gasteiger partial charge on any atom is -0.473 e. The number of urea groups is 1. The SMILES string of the molecule is CCCCCC(C)NC(=O)NC/C=C\COc1cc(CN2CCCCC2)ccn1. The Labute approximate surface area is 176 Å². The third-order valence-corrected chi connectivity index (χ3v) is 5.15. The molecule has 162 valence electrons. The fourth-order valence-electron chi connectivity index (χ4n) is 3.49. The summed E-state index contributed by atoms with van der Waals surface area (Å²) in [6.45, 7) is 8.48. The number of carbonyl (C=O) groups is 1. The summed E-state index contributed by atoms with van der Waals surface area (Å²) in [7, 11) is 0. The first-order valence-corrected chi connectivity index (χ1v) is 11.2. The molecule has 2 heterocycles. The molecule has 6 nitrogen and oxygen atoms in total. The fourth-order valence-corrected chi connectivity index (χ4v) is 3.49. The third-order valence-electron chi connectivity index (χ3n) is 5.15. The number of aromatic nitrogens is 1. The smallest absolute Gasteiger partial charge is 0.315 e. The molecule has 6 heteroatoms. The number of ether oxygens (including phenoxy) is 1. The van der Waals surface area contributed by atoms with Gasteiger partial charge in [0.15, 0.2) is 0 Å². The van der Waals surface area contributed by atoms with Gasteiger partial charge < -0.3 is 15.4 Å². The van der Waals surface area contributed by atoms with Gasteiger partial charge in [0.25, 0.3) is 0 Å². The number of nitrogens with one attached hydrogen (secondary N) is 2. The maximum absolute atomic E-state index is 11.8. The van der Waals surface area contributed by atoms with Gasteiger partial charge in [-0.15, -0.1) is 0 Å². The standard InChI is InChI=1S/C23H38N4O2/c1-3-4-6-11-20(2)26-23(28)25-13-7-10-17-29-22-18-21(12-14-24-22)19-27-15-8-5-9-16-27/h7,10,12,14,18,20H,3-6,8-9,11,13,15-17,19H2,1-2H3,(H2,25,26,28)/b10-7-. The van der Waals surface area contributed by atoms with E-state index in [1.807, 2.05) is 31.3 Å². The van der Waals surface area contributed by atoms with Crippen molar-refractivity contribution in [2.24, 2.45) is 0 Å². The van der Waals surface area contributed by atoms with E-state index in [4.69, 9.17) is 4.74 Å². The molecule has 2 amide bonds. The van der Waals surface area contributed by atoms with Crippen LogP contribution in [0.2, 0.25) is 0 Å². The molecular weight excluding hydrogens is 364 g/mol. The molecule has 1 aromatic rings. The predicted octanol–water partition coefficient (Wildman–Crippen LogP) is 4.27. The zero-order valence-electron chi connectivity index (χ0n) is 18.2. The second kappa shape index (κ2) is 14.0. The molecule has 2 N–H and O–H groups in total. The third kappa shape index (κ3) is 10.3. The first-order valence-electron chi connectivity index (χ1n) is 11.2. The van der Waals surface area contributed by atoms with E-state index in [1.165, 1.54) is 50.8 Å². The summed E-state index contributed by atoms with van der Waals surface area (Å²) in [5.41, 5.74) is 1.24. The number of hydrogen-bond donors (Lipinski definition) is 2. The molecule has 0 bridgehead atoms. The molecule has 1 atom stereocenters. The molecule has 0 aromatic carbocycles. The Morgan fingerprint density at radius 3 is 2.90 bits per heavy atom. The second-order valence-electron chi connectivity index (χ2n) is 7.87. The van der Waals surface area contributed by atoms with Crippen molar-refractivity contribution in [3.63, 3.8) is 0 Å². The van der Waals surface area contributed by atoms with Gasteiger partial charge >= 0.3 is 6.03 Å². The van der Waals surface area contributed by atoms with Crippen molar-refractivity contribution in [2.75, 3.05) is 26.2 Å². The molecule has 1 aliphatic rings. The first-order chi connectivity index (χ1) is 14.2. The van der Waals surface area contributed by atoms with E-state index < -0.39 is 0 Å². The van der Waals surface area contributed by atoms with Crippen LogP contribution in [0.1, 0.15) is 64.4 Å². The maximum Gasteiger partial charge on any atom is 0.315 e. The topological polar surface area (TPSA) is 66.5 Å². The number of piperidine rings is 1. The number of nitrogens with zero attached hydrogens (tertiary/aromatic N) is 2. The maximum atomic E-state index is 11.8. The zero-order valence-corrected chi connectivity index (χ0v) is 18.2. The molecule has 2 rings (SSSR count). The second-order valence-corrected chi connectivity index (χ2v) is 7.87. The van der Waals surface area contributed by atoms with Gasteiger partial charge in [-0.25, -0.2) is 9.78 Å². The quantitative estimate of drug-likeness (QED) is 0.405. The van der Waals surface area contributed by atoms with Crippen LogP contribution in [0.5, 0.6) is 5.88 Å². The van der Waals surface area contributed by atoms with E-state index in [2.05, 4.69) is 33.5 Å². The summed E-state index contributed by atoms with van der Waals surface area (Å²) in [6.07, 6.45) is 14.1. The minimum atomic E-state index is -0.119. The van der Waals surface area contributed by atoms with Gasteiger partial charge in [-0.3, -0.25) is 4.90 Å².